The number of ether oxygens (including phenoxy) is 2. The minimum Gasteiger partial charge on any atom is -0.457 e. The molecule has 0 radical (unpaired) electrons. The standard InChI is InChI=1S/C25H22ClF4NO2/c1-2-15-13-17(9-11-20(15)26)32-23-8-4-7-22-19(23)10-12-21(31-22)16-5-3-6-18(14-16)33-25(29,30)24(27)28/h3-9,11,13-14,21,24,31H,2,10,12H2,1H3. The van der Waals surface area contributed by atoms with Gasteiger partial charge in [-0.3, -0.25) is 0 Å². The van der Waals surface area contributed by atoms with Crippen LogP contribution in [0.4, 0.5) is 23.2 Å². The van der Waals surface area contributed by atoms with E-state index in [1.165, 1.54) is 18.2 Å². The van der Waals surface area contributed by atoms with Gasteiger partial charge in [-0.05, 0) is 72.9 Å². The predicted molar refractivity (Wildman–Crippen MR) is 120 cm³/mol. The van der Waals surface area contributed by atoms with Gasteiger partial charge in [0.25, 0.3) is 0 Å². The van der Waals surface area contributed by atoms with Crippen molar-refractivity contribution in [3.8, 4) is 17.2 Å². The Labute approximate surface area is 194 Å². The Morgan fingerprint density at radius 3 is 2.61 bits per heavy atom. The van der Waals surface area contributed by atoms with Crippen molar-refractivity contribution in [2.45, 2.75) is 44.8 Å². The Balaban J connectivity index is 1.53. The summed E-state index contributed by atoms with van der Waals surface area (Å²) in [7, 11) is 0. The van der Waals surface area contributed by atoms with E-state index in [9.17, 15) is 17.6 Å². The van der Waals surface area contributed by atoms with Crippen molar-refractivity contribution in [3.63, 3.8) is 0 Å². The number of hydrogen-bond acceptors (Lipinski definition) is 3. The molecule has 0 saturated carbocycles. The minimum absolute atomic E-state index is 0.196. The molecule has 0 fully saturated rings. The lowest BCUT2D eigenvalue weighted by Gasteiger charge is -2.29. The van der Waals surface area contributed by atoms with E-state index in [4.69, 9.17) is 16.3 Å². The number of rotatable bonds is 7. The third-order valence-electron chi connectivity index (χ3n) is 5.54. The molecule has 0 amide bonds. The van der Waals surface area contributed by atoms with E-state index in [0.29, 0.717) is 29.2 Å². The van der Waals surface area contributed by atoms with Crippen LogP contribution < -0.4 is 14.8 Å². The highest BCUT2D eigenvalue weighted by atomic mass is 35.5. The van der Waals surface area contributed by atoms with Crippen molar-refractivity contribution < 1.29 is 27.0 Å². The summed E-state index contributed by atoms with van der Waals surface area (Å²) in [5, 5.41) is 4.09. The van der Waals surface area contributed by atoms with Crippen molar-refractivity contribution in [1.29, 1.82) is 0 Å². The second kappa shape index (κ2) is 9.51. The topological polar surface area (TPSA) is 30.5 Å². The van der Waals surface area contributed by atoms with Crippen LogP contribution in [0.2, 0.25) is 5.02 Å². The molecule has 0 spiro atoms. The summed E-state index contributed by atoms with van der Waals surface area (Å²) in [5.74, 6) is 1.10. The molecule has 1 aliphatic heterocycles. The molecule has 1 aliphatic rings. The van der Waals surface area contributed by atoms with Gasteiger partial charge in [-0.2, -0.15) is 17.6 Å². The van der Waals surface area contributed by atoms with Crippen molar-refractivity contribution in [2.24, 2.45) is 0 Å². The van der Waals surface area contributed by atoms with Gasteiger partial charge in [0.1, 0.15) is 17.2 Å². The van der Waals surface area contributed by atoms with Gasteiger partial charge in [-0.15, -0.1) is 0 Å². The van der Waals surface area contributed by atoms with Crippen LogP contribution in [0.3, 0.4) is 0 Å². The summed E-state index contributed by atoms with van der Waals surface area (Å²) >= 11 is 6.20. The van der Waals surface area contributed by atoms with Crippen molar-refractivity contribution in [3.05, 3.63) is 82.4 Å². The predicted octanol–water partition coefficient (Wildman–Crippen LogP) is 8.03. The van der Waals surface area contributed by atoms with E-state index >= 15 is 0 Å². The van der Waals surface area contributed by atoms with Gasteiger partial charge < -0.3 is 14.8 Å². The summed E-state index contributed by atoms with van der Waals surface area (Å²) in [4.78, 5) is 0. The first-order chi connectivity index (χ1) is 15.8. The Bertz CT molecular complexity index is 1140. The van der Waals surface area contributed by atoms with Gasteiger partial charge >= 0.3 is 12.5 Å². The van der Waals surface area contributed by atoms with E-state index in [-0.39, 0.29) is 11.8 Å². The van der Waals surface area contributed by atoms with Crippen molar-refractivity contribution in [2.75, 3.05) is 5.32 Å². The summed E-state index contributed by atoms with van der Waals surface area (Å²) < 4.78 is 61.9. The van der Waals surface area contributed by atoms with Gasteiger partial charge in [0.05, 0.1) is 6.04 Å². The normalized spacial score (nSPS) is 15.7. The maximum atomic E-state index is 13.3. The smallest absolute Gasteiger partial charge is 0.457 e. The Morgan fingerprint density at radius 1 is 1.06 bits per heavy atom. The zero-order valence-corrected chi connectivity index (χ0v) is 18.5. The minimum atomic E-state index is -4.54. The third-order valence-corrected chi connectivity index (χ3v) is 5.91. The fourth-order valence-corrected chi connectivity index (χ4v) is 4.11. The first kappa shape index (κ1) is 23.2. The molecule has 0 aliphatic carbocycles. The molecule has 174 valence electrons. The number of hydrogen-bond donors (Lipinski definition) is 1. The average Bonchev–Trinajstić information content (AvgIpc) is 2.80. The second-order valence-electron chi connectivity index (χ2n) is 7.76. The highest BCUT2D eigenvalue weighted by Crippen LogP contribution is 2.40. The van der Waals surface area contributed by atoms with Crippen molar-refractivity contribution >= 4 is 17.3 Å². The quantitative estimate of drug-likeness (QED) is 0.348. The molecule has 0 bridgehead atoms. The lowest BCUT2D eigenvalue weighted by molar-refractivity contribution is -0.253. The summed E-state index contributed by atoms with van der Waals surface area (Å²) in [6, 6.07) is 16.9. The van der Waals surface area contributed by atoms with Crippen LogP contribution >= 0.6 is 11.6 Å². The molecule has 0 aromatic heterocycles. The van der Waals surface area contributed by atoms with Gasteiger partial charge in [-0.25, -0.2) is 0 Å². The second-order valence-corrected chi connectivity index (χ2v) is 8.17. The zero-order chi connectivity index (χ0) is 23.6. The van der Waals surface area contributed by atoms with E-state index in [1.807, 2.05) is 43.3 Å². The lowest BCUT2D eigenvalue weighted by atomic mass is 9.93. The van der Waals surface area contributed by atoms with Gasteiger partial charge in [0.15, 0.2) is 0 Å². The molecular weight excluding hydrogens is 458 g/mol. The zero-order valence-electron chi connectivity index (χ0n) is 17.8. The maximum Gasteiger partial charge on any atom is 0.461 e. The summed E-state index contributed by atoms with van der Waals surface area (Å²) in [6.07, 6.45) is -6.33. The van der Waals surface area contributed by atoms with Crippen LogP contribution in [-0.4, -0.2) is 12.5 Å². The van der Waals surface area contributed by atoms with Crippen LogP contribution in [0, 0.1) is 0 Å². The van der Waals surface area contributed by atoms with Crippen LogP contribution in [0.25, 0.3) is 0 Å². The Morgan fingerprint density at radius 2 is 1.85 bits per heavy atom. The molecule has 8 heteroatoms. The number of benzene rings is 3. The number of nitrogens with one attached hydrogen (secondary N) is 1. The fourth-order valence-electron chi connectivity index (χ4n) is 3.86. The molecule has 1 atom stereocenters. The van der Waals surface area contributed by atoms with Gasteiger partial charge in [0, 0.05) is 16.3 Å². The first-order valence-corrected chi connectivity index (χ1v) is 10.9. The molecule has 3 nitrogen and oxygen atoms in total. The molecule has 33 heavy (non-hydrogen) atoms. The number of fused-ring (bicyclic) bond motifs is 1. The highest BCUT2D eigenvalue weighted by molar-refractivity contribution is 6.31. The van der Waals surface area contributed by atoms with Crippen LogP contribution in [0.1, 0.15) is 36.1 Å². The molecule has 4 rings (SSSR count). The number of aryl methyl sites for hydroxylation is 1. The lowest BCUT2D eigenvalue weighted by Crippen LogP contribution is -2.33. The molecule has 3 aromatic carbocycles. The largest absolute Gasteiger partial charge is 0.461 e. The Kier molecular flexibility index (Phi) is 6.70. The third kappa shape index (κ3) is 5.19. The Hall–Kier alpha value is -2.93. The molecule has 1 unspecified atom stereocenters. The van der Waals surface area contributed by atoms with Gasteiger partial charge in [-0.1, -0.05) is 36.7 Å². The van der Waals surface area contributed by atoms with E-state index in [2.05, 4.69) is 10.1 Å². The van der Waals surface area contributed by atoms with Crippen molar-refractivity contribution in [1.82, 2.24) is 0 Å². The molecule has 1 N–H and O–H groups in total. The van der Waals surface area contributed by atoms with E-state index < -0.39 is 12.5 Å². The van der Waals surface area contributed by atoms with Gasteiger partial charge in [0.2, 0.25) is 0 Å². The molecule has 0 saturated heterocycles. The molecular formula is C25H22ClF4NO2. The highest BCUT2D eigenvalue weighted by Gasteiger charge is 2.44. The average molecular weight is 480 g/mol. The van der Waals surface area contributed by atoms with Crippen LogP contribution in [0.15, 0.2) is 60.7 Å². The monoisotopic (exact) mass is 479 g/mol. The maximum absolute atomic E-state index is 13.3. The number of halogens is 5. The van der Waals surface area contributed by atoms with Crippen LogP contribution in [-0.2, 0) is 12.8 Å². The van der Waals surface area contributed by atoms with Crippen LogP contribution in [0.5, 0.6) is 17.2 Å². The first-order valence-electron chi connectivity index (χ1n) is 10.6. The van der Waals surface area contributed by atoms with E-state index in [1.54, 1.807) is 6.07 Å². The van der Waals surface area contributed by atoms with E-state index in [0.717, 1.165) is 29.0 Å². The summed E-state index contributed by atoms with van der Waals surface area (Å²) in [6.45, 7) is 2.02. The SMILES string of the molecule is CCc1cc(Oc2cccc3c2CCC(c2cccc(OC(F)(F)C(F)F)c2)N3)ccc1Cl. The summed E-state index contributed by atoms with van der Waals surface area (Å²) in [5.41, 5.74) is 3.52. The fraction of sp³-hybridized carbons (Fsp3) is 0.280. The number of alkyl halides is 4. The molecule has 3 aromatic rings. The molecule has 1 heterocycles. The number of anilines is 1.